The Morgan fingerprint density at radius 1 is 0.542 bits per heavy atom. The molecule has 9 rings (SSSR count). The molecule has 1 nitrogen and oxygen atoms in total. The zero-order valence-corrected chi connectivity index (χ0v) is 27.7. The fourth-order valence-corrected chi connectivity index (χ4v) is 8.93. The molecule has 48 heavy (non-hydrogen) atoms. The number of para-hydroxylation sites is 2. The number of nitrogens with zero attached hydrogens (tertiary/aromatic N) is 1. The highest BCUT2D eigenvalue weighted by Crippen LogP contribution is 2.62. The van der Waals surface area contributed by atoms with Gasteiger partial charge in [-0.05, 0) is 104 Å². The Bertz CT molecular complexity index is 2300. The van der Waals surface area contributed by atoms with Crippen molar-refractivity contribution in [2.45, 2.75) is 31.6 Å². The molecule has 1 spiro atoms. The van der Waals surface area contributed by atoms with Crippen LogP contribution in [0.4, 0.5) is 17.1 Å². The van der Waals surface area contributed by atoms with Crippen LogP contribution in [0.5, 0.6) is 0 Å². The van der Waals surface area contributed by atoms with Gasteiger partial charge in [-0.25, -0.2) is 0 Å². The number of hydrogen-bond donors (Lipinski definition) is 0. The van der Waals surface area contributed by atoms with Crippen LogP contribution >= 0.6 is 0 Å². The van der Waals surface area contributed by atoms with Crippen LogP contribution < -0.4 is 4.90 Å². The van der Waals surface area contributed by atoms with Crippen LogP contribution in [0.2, 0.25) is 0 Å². The van der Waals surface area contributed by atoms with E-state index in [0.717, 1.165) is 5.69 Å². The van der Waals surface area contributed by atoms with Crippen molar-refractivity contribution in [1.29, 1.82) is 0 Å². The van der Waals surface area contributed by atoms with E-state index in [1.54, 1.807) is 0 Å². The first-order valence-electron chi connectivity index (χ1n) is 16.9. The maximum Gasteiger partial charge on any atom is 0.0725 e. The van der Waals surface area contributed by atoms with Gasteiger partial charge in [-0.15, -0.1) is 0 Å². The molecule has 0 amide bonds. The second-order valence-electron chi connectivity index (χ2n) is 13.7. The fraction of sp³-hybridized carbons (Fsp3) is 0.106. The highest BCUT2D eigenvalue weighted by molar-refractivity contribution is 5.98. The molecule has 2 aliphatic carbocycles. The molecule has 1 heteroatoms. The standard InChI is InChI=1S/C47H37N/c1-5-15-38-34(6-2)35-16-7-9-18-39(35)47(38)40-19-10-8-17-36(40)37-29-26-32(30-43(37)47)31-24-27-33(28-25-31)48-44-22-13-11-20-41(44)46(3,4)42-21-12-14-23-45(42)48/h5-30H,2H2,1,3-4H3/b15-5-. The monoisotopic (exact) mass is 615 g/mol. The number of benzene rings is 6. The number of allylic oxidation sites excluding steroid dienone is 5. The quantitative estimate of drug-likeness (QED) is 0.191. The lowest BCUT2D eigenvalue weighted by Crippen LogP contribution is -2.30. The molecule has 0 radical (unpaired) electrons. The Hall–Kier alpha value is -5.66. The van der Waals surface area contributed by atoms with Crippen molar-refractivity contribution in [2.75, 3.05) is 4.90 Å². The third-order valence-electron chi connectivity index (χ3n) is 11.0. The van der Waals surface area contributed by atoms with E-state index in [2.05, 4.69) is 184 Å². The van der Waals surface area contributed by atoms with Crippen molar-refractivity contribution in [3.05, 3.63) is 203 Å². The SMILES string of the molecule is C=CC1=C(/C=C\C)C2(c3ccccc31)c1ccccc1-c1ccc(-c3ccc(N4c5ccccc5C(C)(C)c5ccccc54)cc3)cc12. The van der Waals surface area contributed by atoms with Crippen LogP contribution in [0.1, 0.15) is 54.2 Å². The first-order valence-corrected chi connectivity index (χ1v) is 16.9. The second-order valence-corrected chi connectivity index (χ2v) is 13.7. The van der Waals surface area contributed by atoms with Crippen LogP contribution in [-0.4, -0.2) is 0 Å². The number of hydrogen-bond acceptors (Lipinski definition) is 1. The zero-order chi connectivity index (χ0) is 32.6. The lowest BCUT2D eigenvalue weighted by atomic mass is 9.69. The molecule has 0 saturated heterocycles. The summed E-state index contributed by atoms with van der Waals surface area (Å²) in [5.41, 5.74) is 18.7. The summed E-state index contributed by atoms with van der Waals surface area (Å²) >= 11 is 0. The molecule has 3 aliphatic rings. The molecule has 1 heterocycles. The summed E-state index contributed by atoms with van der Waals surface area (Å²) in [6.45, 7) is 11.1. The van der Waals surface area contributed by atoms with Gasteiger partial charge >= 0.3 is 0 Å². The lowest BCUT2D eigenvalue weighted by molar-refractivity contribution is 0.632. The Labute approximate surface area is 283 Å². The molecular weight excluding hydrogens is 579 g/mol. The van der Waals surface area contributed by atoms with Crippen molar-refractivity contribution < 1.29 is 0 Å². The minimum atomic E-state index is -0.400. The van der Waals surface area contributed by atoms with Crippen LogP contribution in [-0.2, 0) is 10.8 Å². The zero-order valence-electron chi connectivity index (χ0n) is 27.7. The van der Waals surface area contributed by atoms with E-state index in [-0.39, 0.29) is 5.41 Å². The van der Waals surface area contributed by atoms with Crippen LogP contribution in [0.15, 0.2) is 170 Å². The molecule has 0 bridgehead atoms. The van der Waals surface area contributed by atoms with Crippen LogP contribution in [0.25, 0.3) is 27.8 Å². The van der Waals surface area contributed by atoms with E-state index in [0.29, 0.717) is 0 Å². The van der Waals surface area contributed by atoms with Gasteiger partial charge in [0.1, 0.15) is 0 Å². The second kappa shape index (κ2) is 10.4. The topological polar surface area (TPSA) is 3.24 Å². The van der Waals surface area contributed by atoms with E-state index < -0.39 is 5.41 Å². The number of anilines is 3. The van der Waals surface area contributed by atoms with Crippen molar-refractivity contribution in [1.82, 2.24) is 0 Å². The van der Waals surface area contributed by atoms with E-state index in [1.807, 2.05) is 6.08 Å². The summed E-state index contributed by atoms with van der Waals surface area (Å²) in [5.74, 6) is 0. The minimum absolute atomic E-state index is 0.0772. The molecule has 0 fully saturated rings. The summed E-state index contributed by atoms with van der Waals surface area (Å²) in [6, 6.07) is 51.8. The highest BCUT2D eigenvalue weighted by Gasteiger charge is 2.51. The molecule has 1 aliphatic heterocycles. The van der Waals surface area contributed by atoms with E-state index in [9.17, 15) is 0 Å². The molecular formula is C47H37N. The van der Waals surface area contributed by atoms with Crippen molar-refractivity contribution in [2.24, 2.45) is 0 Å². The maximum atomic E-state index is 4.29. The third-order valence-corrected chi connectivity index (χ3v) is 11.0. The van der Waals surface area contributed by atoms with Crippen LogP contribution in [0, 0.1) is 0 Å². The van der Waals surface area contributed by atoms with Gasteiger partial charge in [-0.2, -0.15) is 0 Å². The van der Waals surface area contributed by atoms with E-state index in [1.165, 1.54) is 78.2 Å². The van der Waals surface area contributed by atoms with Gasteiger partial charge in [-0.1, -0.05) is 148 Å². The van der Waals surface area contributed by atoms with Crippen molar-refractivity contribution >= 4 is 22.6 Å². The van der Waals surface area contributed by atoms with E-state index >= 15 is 0 Å². The fourth-order valence-electron chi connectivity index (χ4n) is 8.93. The normalized spacial score (nSPS) is 18.0. The van der Waals surface area contributed by atoms with Gasteiger partial charge in [0.15, 0.2) is 0 Å². The predicted octanol–water partition coefficient (Wildman–Crippen LogP) is 12.3. The molecule has 6 aromatic rings. The lowest BCUT2D eigenvalue weighted by Gasteiger charge is -2.42. The van der Waals surface area contributed by atoms with Gasteiger partial charge in [0.05, 0.1) is 16.8 Å². The Balaban J connectivity index is 1.21. The molecule has 0 N–H and O–H groups in total. The highest BCUT2D eigenvalue weighted by atomic mass is 15.2. The summed E-state index contributed by atoms with van der Waals surface area (Å²) in [6.07, 6.45) is 6.53. The average molecular weight is 616 g/mol. The van der Waals surface area contributed by atoms with Gasteiger partial charge < -0.3 is 4.90 Å². The van der Waals surface area contributed by atoms with Crippen molar-refractivity contribution in [3.8, 4) is 22.3 Å². The van der Waals surface area contributed by atoms with Gasteiger partial charge in [0.2, 0.25) is 0 Å². The Morgan fingerprint density at radius 3 is 1.69 bits per heavy atom. The first kappa shape index (κ1) is 28.6. The molecule has 0 saturated carbocycles. The minimum Gasteiger partial charge on any atom is -0.310 e. The maximum absolute atomic E-state index is 4.29. The van der Waals surface area contributed by atoms with Gasteiger partial charge in [-0.3, -0.25) is 0 Å². The van der Waals surface area contributed by atoms with Gasteiger partial charge in [0, 0.05) is 11.1 Å². The molecule has 0 aromatic heterocycles. The molecule has 1 atom stereocenters. The number of fused-ring (bicyclic) bond motifs is 9. The summed E-state index contributed by atoms with van der Waals surface area (Å²) in [4.78, 5) is 2.43. The Kier molecular flexibility index (Phi) is 6.20. The van der Waals surface area contributed by atoms with Gasteiger partial charge in [0.25, 0.3) is 0 Å². The molecule has 1 unspecified atom stereocenters. The third kappa shape index (κ3) is 3.67. The summed E-state index contributed by atoms with van der Waals surface area (Å²) < 4.78 is 0. The smallest absolute Gasteiger partial charge is 0.0725 e. The number of rotatable bonds is 4. The van der Waals surface area contributed by atoms with Crippen LogP contribution in [0.3, 0.4) is 0 Å². The van der Waals surface area contributed by atoms with E-state index in [4.69, 9.17) is 0 Å². The first-order chi connectivity index (χ1) is 23.5. The Morgan fingerprint density at radius 2 is 1.06 bits per heavy atom. The largest absolute Gasteiger partial charge is 0.310 e. The molecule has 230 valence electrons. The predicted molar refractivity (Wildman–Crippen MR) is 202 cm³/mol. The summed E-state index contributed by atoms with van der Waals surface area (Å²) in [7, 11) is 0. The molecule has 6 aromatic carbocycles. The average Bonchev–Trinajstić information content (AvgIpc) is 3.58. The van der Waals surface area contributed by atoms with Crippen molar-refractivity contribution in [3.63, 3.8) is 0 Å². The summed E-state index contributed by atoms with van der Waals surface area (Å²) in [5, 5.41) is 0.